The Morgan fingerprint density at radius 2 is 1.32 bits per heavy atom. The molecule has 0 aromatic heterocycles. The van der Waals surface area contributed by atoms with Crippen LogP contribution in [0.3, 0.4) is 0 Å². The summed E-state index contributed by atoms with van der Waals surface area (Å²) >= 11 is 0. The molecule has 1 aliphatic heterocycles. The second kappa shape index (κ2) is 14.6. The number of aromatic hydroxyl groups is 1. The minimum Gasteiger partial charge on any atom is -0.507 e. The summed E-state index contributed by atoms with van der Waals surface area (Å²) in [6.07, 6.45) is -3.24. The number of aliphatic hydroxyl groups excluding tert-OH is 1. The normalized spacial score (nSPS) is 23.9. The molecule has 4 rings (SSSR count). The number of nitrogens with one attached hydrogen (secondary N) is 4. The Morgan fingerprint density at radius 1 is 0.745 bits per heavy atom. The molecular formula is C32H31F5N4O6. The van der Waals surface area contributed by atoms with Crippen molar-refractivity contribution in [2.24, 2.45) is 5.92 Å². The molecular weight excluding hydrogens is 631 g/mol. The second-order valence-electron chi connectivity index (χ2n) is 11.2. The third-order valence-corrected chi connectivity index (χ3v) is 7.89. The lowest BCUT2D eigenvalue weighted by atomic mass is 9.90. The molecule has 6 N–H and O–H groups in total. The predicted octanol–water partition coefficient (Wildman–Crippen LogP) is 2.16. The van der Waals surface area contributed by atoms with Gasteiger partial charge in [0.25, 0.3) is 5.91 Å². The molecule has 15 heteroatoms. The van der Waals surface area contributed by atoms with E-state index in [-0.39, 0.29) is 12.0 Å². The Kier molecular flexibility index (Phi) is 10.8. The topological polar surface area (TPSA) is 157 Å². The maximum Gasteiger partial charge on any atom is 0.255 e. The highest BCUT2D eigenvalue weighted by Crippen LogP contribution is 2.26. The number of phenols is 1. The molecule has 0 saturated carbocycles. The summed E-state index contributed by atoms with van der Waals surface area (Å²) in [5.41, 5.74) is -1.01. The quantitative estimate of drug-likeness (QED) is 0.135. The number of para-hydroxylation sites is 1. The molecule has 3 aromatic rings. The lowest BCUT2D eigenvalue weighted by Crippen LogP contribution is -2.64. The van der Waals surface area contributed by atoms with E-state index in [0.29, 0.717) is 5.56 Å². The van der Waals surface area contributed by atoms with Gasteiger partial charge >= 0.3 is 0 Å². The fourth-order valence-corrected chi connectivity index (χ4v) is 5.16. The van der Waals surface area contributed by atoms with Crippen LogP contribution in [0.5, 0.6) is 5.75 Å². The first-order valence-electron chi connectivity index (χ1n) is 14.4. The van der Waals surface area contributed by atoms with Crippen LogP contribution in [-0.2, 0) is 27.2 Å². The Morgan fingerprint density at radius 3 is 1.94 bits per heavy atom. The lowest BCUT2D eigenvalue weighted by Gasteiger charge is -2.34. The highest BCUT2D eigenvalue weighted by Gasteiger charge is 2.39. The third-order valence-electron chi connectivity index (χ3n) is 7.89. The van der Waals surface area contributed by atoms with Gasteiger partial charge in [-0.05, 0) is 24.6 Å². The first-order chi connectivity index (χ1) is 22.2. The second-order valence-corrected chi connectivity index (χ2v) is 11.2. The third kappa shape index (κ3) is 7.68. The van der Waals surface area contributed by atoms with Crippen LogP contribution in [0.25, 0.3) is 0 Å². The highest BCUT2D eigenvalue weighted by atomic mass is 19.2. The van der Waals surface area contributed by atoms with Crippen LogP contribution in [0.4, 0.5) is 22.0 Å². The number of benzene rings is 3. The summed E-state index contributed by atoms with van der Waals surface area (Å²) < 4.78 is 71.3. The van der Waals surface area contributed by atoms with Gasteiger partial charge in [0, 0.05) is 18.4 Å². The van der Waals surface area contributed by atoms with Gasteiger partial charge in [-0.1, -0.05) is 49.4 Å². The molecule has 1 fully saturated rings. The molecule has 0 spiro atoms. The monoisotopic (exact) mass is 662 g/mol. The summed E-state index contributed by atoms with van der Waals surface area (Å²) in [6, 6.07) is 7.67. The van der Waals surface area contributed by atoms with Crippen LogP contribution < -0.4 is 21.3 Å². The molecule has 6 unspecified atom stereocenters. The number of phenolic OH excluding ortho intramolecular Hbond substituents is 1. The number of carbonyl (C=O) groups is 4. The summed E-state index contributed by atoms with van der Waals surface area (Å²) in [7, 11) is 0. The standard InChI is InChI=1S/C32H31F5N4O6/c1-14-28(43)19(13-18-22(33)24(35)26(37)25(36)23(18)34)39-32(47)27(41-30(45)17-10-6-7-11-21(17)42)15(2)38-31(46)20(40-29(14)44)12-16-8-4-3-5-9-16/h3-11,14-15,19-20,27-28,42-43H,12-13H2,1-2H3,(H,38,46)(H,39,47)(H,40,44)(H,41,45). The minimum absolute atomic E-state index is 0.0525. The van der Waals surface area contributed by atoms with E-state index in [4.69, 9.17) is 0 Å². The van der Waals surface area contributed by atoms with Gasteiger partial charge in [-0.3, -0.25) is 19.2 Å². The molecule has 250 valence electrons. The molecule has 47 heavy (non-hydrogen) atoms. The van der Waals surface area contributed by atoms with Gasteiger partial charge in [-0.2, -0.15) is 0 Å². The summed E-state index contributed by atoms with van der Waals surface area (Å²) in [6.45, 7) is 2.49. The molecule has 0 aliphatic carbocycles. The largest absolute Gasteiger partial charge is 0.507 e. The van der Waals surface area contributed by atoms with E-state index < -0.39 is 107 Å². The van der Waals surface area contributed by atoms with Gasteiger partial charge < -0.3 is 31.5 Å². The van der Waals surface area contributed by atoms with Gasteiger partial charge in [0.1, 0.15) is 17.8 Å². The van der Waals surface area contributed by atoms with Crippen molar-refractivity contribution in [1.29, 1.82) is 0 Å². The van der Waals surface area contributed by atoms with E-state index in [1.807, 2.05) is 0 Å². The van der Waals surface area contributed by atoms with E-state index in [0.717, 1.165) is 0 Å². The van der Waals surface area contributed by atoms with E-state index >= 15 is 0 Å². The number of amides is 4. The molecule has 0 bridgehead atoms. The van der Waals surface area contributed by atoms with Gasteiger partial charge in [0.05, 0.1) is 29.7 Å². The molecule has 10 nitrogen and oxygen atoms in total. The van der Waals surface area contributed by atoms with E-state index in [2.05, 4.69) is 21.3 Å². The van der Waals surface area contributed by atoms with E-state index in [1.165, 1.54) is 38.1 Å². The predicted molar refractivity (Wildman–Crippen MR) is 156 cm³/mol. The molecule has 4 amide bonds. The Labute approximate surface area is 265 Å². The van der Waals surface area contributed by atoms with Crippen molar-refractivity contribution >= 4 is 23.6 Å². The maximum atomic E-state index is 14.7. The number of hydrogen-bond donors (Lipinski definition) is 6. The van der Waals surface area contributed by atoms with Gasteiger partial charge in [-0.15, -0.1) is 0 Å². The summed E-state index contributed by atoms with van der Waals surface area (Å²) in [4.78, 5) is 53.6. The first-order valence-corrected chi connectivity index (χ1v) is 14.4. The number of halogens is 5. The highest BCUT2D eigenvalue weighted by molar-refractivity contribution is 6.00. The van der Waals surface area contributed by atoms with Crippen molar-refractivity contribution in [2.75, 3.05) is 0 Å². The van der Waals surface area contributed by atoms with Gasteiger partial charge in [0.2, 0.25) is 23.5 Å². The number of hydrogen-bond acceptors (Lipinski definition) is 6. The Bertz CT molecular complexity index is 1650. The SMILES string of the molecule is CC1NC(=O)C(Cc2ccccc2)NC(=O)C(C)C(O)C(Cc2c(F)c(F)c(F)c(F)c2F)NC(=O)C1NC(=O)c1ccccc1O. The Hall–Kier alpha value is -5.05. The fraction of sp³-hybridized carbons (Fsp3) is 0.312. The smallest absolute Gasteiger partial charge is 0.255 e. The molecule has 1 aliphatic rings. The van der Waals surface area contributed by atoms with Crippen LogP contribution in [0.15, 0.2) is 54.6 Å². The Balaban J connectivity index is 1.77. The zero-order valence-electron chi connectivity index (χ0n) is 25.0. The van der Waals surface area contributed by atoms with Crippen molar-refractivity contribution < 1.29 is 51.3 Å². The fourth-order valence-electron chi connectivity index (χ4n) is 5.16. The zero-order valence-corrected chi connectivity index (χ0v) is 25.0. The number of carbonyl (C=O) groups excluding carboxylic acids is 4. The van der Waals surface area contributed by atoms with Crippen LogP contribution >= 0.6 is 0 Å². The molecule has 1 saturated heterocycles. The molecule has 1 heterocycles. The number of aliphatic hydroxyl groups is 1. The van der Waals surface area contributed by atoms with Crippen molar-refractivity contribution in [3.05, 3.63) is 100 Å². The molecule has 6 atom stereocenters. The number of rotatable bonds is 6. The van der Waals surface area contributed by atoms with Crippen molar-refractivity contribution in [1.82, 2.24) is 21.3 Å². The average molecular weight is 663 g/mol. The zero-order chi connectivity index (χ0) is 34.6. The van der Waals surface area contributed by atoms with Crippen molar-refractivity contribution in [3.63, 3.8) is 0 Å². The molecule has 0 radical (unpaired) electrons. The van der Waals surface area contributed by atoms with E-state index in [9.17, 15) is 51.3 Å². The summed E-state index contributed by atoms with van der Waals surface area (Å²) in [5, 5.41) is 31.1. The van der Waals surface area contributed by atoms with Crippen LogP contribution in [0.1, 0.15) is 35.3 Å². The molecule has 3 aromatic carbocycles. The van der Waals surface area contributed by atoms with Gasteiger partial charge in [0.15, 0.2) is 23.3 Å². The van der Waals surface area contributed by atoms with E-state index in [1.54, 1.807) is 30.3 Å². The van der Waals surface area contributed by atoms with Crippen LogP contribution in [-0.4, -0.2) is 64.1 Å². The first kappa shape index (κ1) is 34.8. The van der Waals surface area contributed by atoms with Crippen LogP contribution in [0, 0.1) is 35.0 Å². The van der Waals surface area contributed by atoms with Crippen molar-refractivity contribution in [3.8, 4) is 5.75 Å². The van der Waals surface area contributed by atoms with Crippen LogP contribution in [0.2, 0.25) is 0 Å². The van der Waals surface area contributed by atoms with Crippen molar-refractivity contribution in [2.45, 2.75) is 57.0 Å². The lowest BCUT2D eigenvalue weighted by molar-refractivity contribution is -0.136. The summed E-state index contributed by atoms with van der Waals surface area (Å²) in [5.74, 6) is -17.2. The average Bonchev–Trinajstić information content (AvgIpc) is 3.05. The van der Waals surface area contributed by atoms with Gasteiger partial charge in [-0.25, -0.2) is 22.0 Å². The maximum absolute atomic E-state index is 14.7. The minimum atomic E-state index is -2.42.